The van der Waals surface area contributed by atoms with Crippen LogP contribution in [0.15, 0.2) is 23.3 Å². The Morgan fingerprint density at radius 1 is 0.686 bits per heavy atom. The zero-order valence-corrected chi connectivity index (χ0v) is 50.0. The van der Waals surface area contributed by atoms with Crippen molar-refractivity contribution < 1.29 is 133 Å². The molecule has 27 nitrogen and oxygen atoms in total. The van der Waals surface area contributed by atoms with E-state index in [0.717, 1.165) is 11.9 Å². The molecule has 8 fully saturated rings. The van der Waals surface area contributed by atoms with Gasteiger partial charge in [0.15, 0.2) is 31.3 Å². The fraction of sp³-hybridized carbons (Fsp3) is 0.864. The van der Waals surface area contributed by atoms with Crippen LogP contribution in [-0.2, 0) is 66.5 Å². The molecule has 5 aliphatic carbocycles. The molecule has 0 radical (unpaired) electrons. The number of carboxylic acid groups (broad SMARTS) is 1. The van der Waals surface area contributed by atoms with Crippen LogP contribution in [-0.4, -0.2) is 252 Å². The molecular formula is C59H90O27. The van der Waals surface area contributed by atoms with E-state index in [4.69, 9.17) is 47.4 Å². The van der Waals surface area contributed by atoms with Gasteiger partial charge in [0.05, 0.1) is 42.9 Å². The van der Waals surface area contributed by atoms with E-state index in [1.165, 1.54) is 6.92 Å². The van der Waals surface area contributed by atoms with Gasteiger partial charge in [0.2, 0.25) is 0 Å². The van der Waals surface area contributed by atoms with E-state index in [1.807, 2.05) is 13.8 Å². The number of carbonyl (C=O) groups excluding carboxylic acids is 3. The van der Waals surface area contributed by atoms with Crippen LogP contribution in [0.2, 0.25) is 0 Å². The summed E-state index contributed by atoms with van der Waals surface area (Å²) in [7, 11) is 0. The second kappa shape index (κ2) is 24.8. The second-order valence-electron chi connectivity index (χ2n) is 27.3. The Morgan fingerprint density at radius 3 is 1.94 bits per heavy atom. The first-order valence-corrected chi connectivity index (χ1v) is 29.8. The summed E-state index contributed by atoms with van der Waals surface area (Å²) in [5, 5.41) is 145. The van der Waals surface area contributed by atoms with E-state index in [0.29, 0.717) is 37.7 Å². The molecule has 30 atom stereocenters. The molecule has 4 heterocycles. The first-order chi connectivity index (χ1) is 40.2. The Labute approximate surface area is 498 Å². The zero-order chi connectivity index (χ0) is 63.3. The van der Waals surface area contributed by atoms with Gasteiger partial charge in [-0.2, -0.15) is 0 Å². The largest absolute Gasteiger partial charge is 0.479 e. The summed E-state index contributed by atoms with van der Waals surface area (Å²) < 4.78 is 60.0. The van der Waals surface area contributed by atoms with Gasteiger partial charge >= 0.3 is 17.9 Å². The van der Waals surface area contributed by atoms with Crippen molar-refractivity contribution in [3.8, 4) is 0 Å². The molecule has 0 spiro atoms. The van der Waals surface area contributed by atoms with Crippen LogP contribution in [0.25, 0.3) is 0 Å². The maximum absolute atomic E-state index is 14.2. The van der Waals surface area contributed by atoms with Crippen molar-refractivity contribution in [3.05, 3.63) is 23.3 Å². The standard InChI is InChI=1S/C59H90O27/c1-10-24(2)49(76)86-47-46(73)59(23-79-25(3)62)27(17-54(47,4)5)26-11-12-32-55(6)15-14-34(56(7,22-61)31(55)13-16-57(32,8)58(26,9)18-33(59)65)81-53-45(85-51-40(71)38(69)37(68)30(19-60)80-51)42(41(72)43(83-53)48(74)75)82-52-44(36(67)29(64)21-78-52)84-50-39(70)35(66)28(63)20-77-50/h10-11,22,27-47,50-53,60,63-73H,12-21,23H2,1-9H3,(H,74,75)/t27-,28+,29-,30+,31+,32+,33+,34-,35-,36-,37-,38-,39+,40+,41-,42-,43-,44+,45+,46-,47-,50-,51-,52-,53+,55-,56-,57+,58+,59-/m0/s1. The van der Waals surface area contributed by atoms with Gasteiger partial charge in [-0.1, -0.05) is 59.3 Å². The van der Waals surface area contributed by atoms with E-state index in [2.05, 4.69) is 26.8 Å². The van der Waals surface area contributed by atoms with Gasteiger partial charge in [0.1, 0.15) is 104 Å². The molecule has 0 bridgehead atoms. The van der Waals surface area contributed by atoms with Crippen molar-refractivity contribution in [2.24, 2.45) is 50.2 Å². The van der Waals surface area contributed by atoms with Gasteiger partial charge < -0.3 is 119 Å². The predicted octanol–water partition coefficient (Wildman–Crippen LogP) is -2.01. The number of hydrogen-bond donors (Lipinski definition) is 13. The number of aliphatic hydroxyl groups is 12. The maximum Gasteiger partial charge on any atom is 0.335 e. The van der Waals surface area contributed by atoms with Crippen LogP contribution in [0.1, 0.15) is 107 Å². The van der Waals surface area contributed by atoms with Crippen molar-refractivity contribution in [1.29, 1.82) is 0 Å². The molecule has 13 N–H and O–H groups in total. The van der Waals surface area contributed by atoms with Crippen LogP contribution >= 0.6 is 0 Å². The van der Waals surface area contributed by atoms with E-state index < -0.39 is 217 Å². The molecule has 4 saturated heterocycles. The van der Waals surface area contributed by atoms with Gasteiger partial charge in [0, 0.05) is 17.9 Å². The molecule has 27 heteroatoms. The Kier molecular flexibility index (Phi) is 19.3. The predicted molar refractivity (Wildman–Crippen MR) is 289 cm³/mol. The SMILES string of the molecule is CC=C(C)C(=O)O[C@H]1[C@H](O)[C@]2(COC(C)=O)[C@H](O)C[C@]3(C)C(=CC[C@@H]4[C@@]5(C)CC[C@H](O[C@@H]6O[C@H](C(=O)O)[C@@H](O)[C@H](O[C@@H]7OC[C@H](O)[C@H](O)[C@H]7O[C@@H]7OC[C@@H](O)[C@H](O)[C@H]7O)[C@H]6O[C@@H]6O[C@H](CO)[C@H](O)[C@H](O)[C@H]6O)[C@@](C)(C=O)[C@@H]5CC[C@]43C)[C@@H]2CC1(C)C. The number of rotatable bonds is 15. The molecular weight excluding hydrogens is 1140 g/mol. The van der Waals surface area contributed by atoms with Crippen LogP contribution < -0.4 is 0 Å². The van der Waals surface area contributed by atoms with E-state index in [9.17, 15) is 85.6 Å². The Bertz CT molecular complexity index is 2550. The Hall–Kier alpha value is -3.24. The molecule has 0 aromatic carbocycles. The lowest BCUT2D eigenvalue weighted by atomic mass is 9.33. The van der Waals surface area contributed by atoms with E-state index in [-0.39, 0.29) is 25.4 Å². The summed E-state index contributed by atoms with van der Waals surface area (Å²) in [4.78, 5) is 53.3. The number of carbonyl (C=O) groups is 4. The number of allylic oxidation sites excluding steroid dienone is 3. The number of aldehydes is 1. The lowest BCUT2D eigenvalue weighted by molar-refractivity contribution is -0.398. The number of aliphatic carboxylic acids is 1. The number of fused-ring (bicyclic) bond motifs is 7. The molecule has 9 aliphatic rings. The summed E-state index contributed by atoms with van der Waals surface area (Å²) in [6.07, 6.45) is -32.7. The number of carboxylic acids is 1. The van der Waals surface area contributed by atoms with Gasteiger partial charge in [-0.25, -0.2) is 9.59 Å². The van der Waals surface area contributed by atoms with Crippen molar-refractivity contribution in [3.63, 3.8) is 0 Å². The normalized spacial score (nSPS) is 51.1. The average Bonchev–Trinajstić information content (AvgIpc) is 0.771. The van der Waals surface area contributed by atoms with Crippen LogP contribution in [0.3, 0.4) is 0 Å². The van der Waals surface area contributed by atoms with Crippen molar-refractivity contribution in [2.75, 3.05) is 26.4 Å². The molecule has 488 valence electrons. The minimum atomic E-state index is -2.28. The minimum Gasteiger partial charge on any atom is -0.479 e. The fourth-order valence-corrected chi connectivity index (χ4v) is 16.9. The molecule has 0 unspecified atom stereocenters. The molecule has 86 heavy (non-hydrogen) atoms. The lowest BCUT2D eigenvalue weighted by Gasteiger charge is -2.72. The number of esters is 2. The topological polar surface area (TPSA) is 424 Å². The summed E-state index contributed by atoms with van der Waals surface area (Å²) >= 11 is 0. The summed E-state index contributed by atoms with van der Waals surface area (Å²) in [6.45, 7) is 14.1. The zero-order valence-electron chi connectivity index (χ0n) is 50.0. The summed E-state index contributed by atoms with van der Waals surface area (Å²) in [5.74, 6) is -4.18. The second-order valence-corrected chi connectivity index (χ2v) is 27.3. The highest BCUT2D eigenvalue weighted by Crippen LogP contribution is 2.76. The van der Waals surface area contributed by atoms with Crippen molar-refractivity contribution >= 4 is 24.2 Å². The molecule has 0 aromatic heterocycles. The first kappa shape index (κ1) is 67.2. The third kappa shape index (κ3) is 11.0. The Morgan fingerprint density at radius 2 is 1.31 bits per heavy atom. The lowest BCUT2D eigenvalue weighted by Crippen LogP contribution is -2.72. The third-order valence-electron chi connectivity index (χ3n) is 22.2. The highest BCUT2D eigenvalue weighted by molar-refractivity contribution is 5.87. The van der Waals surface area contributed by atoms with Crippen LogP contribution in [0.4, 0.5) is 0 Å². The van der Waals surface area contributed by atoms with Crippen LogP contribution in [0.5, 0.6) is 0 Å². The molecule has 9 rings (SSSR count). The monoisotopic (exact) mass is 1230 g/mol. The van der Waals surface area contributed by atoms with E-state index in [1.54, 1.807) is 26.8 Å². The fourth-order valence-electron chi connectivity index (χ4n) is 16.9. The average molecular weight is 1230 g/mol. The number of hydrogen-bond acceptors (Lipinski definition) is 26. The third-order valence-corrected chi connectivity index (χ3v) is 22.2. The van der Waals surface area contributed by atoms with Gasteiger partial charge in [-0.3, -0.25) is 4.79 Å². The maximum atomic E-state index is 14.2. The summed E-state index contributed by atoms with van der Waals surface area (Å²) in [6, 6.07) is 0. The first-order valence-electron chi connectivity index (χ1n) is 29.8. The smallest absolute Gasteiger partial charge is 0.335 e. The molecule has 0 amide bonds. The number of ether oxygens (including phenoxy) is 10. The molecule has 4 saturated carbocycles. The molecule has 4 aliphatic heterocycles. The minimum absolute atomic E-state index is 0.112. The highest BCUT2D eigenvalue weighted by Gasteiger charge is 2.74. The van der Waals surface area contributed by atoms with Crippen molar-refractivity contribution in [2.45, 2.75) is 242 Å². The summed E-state index contributed by atoms with van der Waals surface area (Å²) in [5.41, 5.74) is -4.42. The number of aliphatic hydroxyl groups excluding tert-OH is 12. The van der Waals surface area contributed by atoms with E-state index >= 15 is 0 Å². The highest BCUT2D eigenvalue weighted by atomic mass is 16.8. The van der Waals surface area contributed by atoms with Crippen molar-refractivity contribution in [1.82, 2.24) is 0 Å². The van der Waals surface area contributed by atoms with Gasteiger partial charge in [0.25, 0.3) is 0 Å². The van der Waals surface area contributed by atoms with Crippen LogP contribution in [0, 0.1) is 50.2 Å². The molecule has 0 aromatic rings. The Balaban J connectivity index is 1.05. The quantitative estimate of drug-likeness (QED) is 0.0277. The van der Waals surface area contributed by atoms with Gasteiger partial charge in [-0.05, 0) is 92.8 Å². The van der Waals surface area contributed by atoms with Gasteiger partial charge in [-0.15, -0.1) is 0 Å².